The Morgan fingerprint density at radius 2 is 1.70 bits per heavy atom. The molecule has 1 heterocycles. The number of carbonyl (C=O) groups excluding carboxylic acids is 2. The van der Waals surface area contributed by atoms with Gasteiger partial charge in [0.15, 0.2) is 6.61 Å². The fourth-order valence-electron chi connectivity index (χ4n) is 4.22. The highest BCUT2D eigenvalue weighted by Gasteiger charge is 2.33. The Kier molecular flexibility index (Phi) is 7.52. The van der Waals surface area contributed by atoms with Gasteiger partial charge in [-0.25, -0.2) is 8.42 Å². The summed E-state index contributed by atoms with van der Waals surface area (Å²) in [6, 6.07) is 6.92. The maximum Gasteiger partial charge on any atom is 0.309 e. The number of benzene rings is 1. The largest absolute Gasteiger partial charge is 0.455 e. The molecule has 8 heteroatoms. The lowest BCUT2D eigenvalue weighted by atomic mass is 9.86. The summed E-state index contributed by atoms with van der Waals surface area (Å²) < 4.78 is 32.2. The molecular weight excluding hydrogens is 404 g/mol. The summed E-state index contributed by atoms with van der Waals surface area (Å²) in [5, 5.41) is 2.97. The molecule has 1 saturated carbocycles. The summed E-state index contributed by atoms with van der Waals surface area (Å²) >= 11 is 0. The highest BCUT2D eigenvalue weighted by molar-refractivity contribution is 7.89. The zero-order valence-corrected chi connectivity index (χ0v) is 18.6. The van der Waals surface area contributed by atoms with E-state index in [1.165, 1.54) is 10.7 Å². The van der Waals surface area contributed by atoms with Gasteiger partial charge in [0.25, 0.3) is 5.91 Å². The summed E-state index contributed by atoms with van der Waals surface area (Å²) in [7, 11) is -3.56. The third kappa shape index (κ3) is 5.60. The average molecular weight is 437 g/mol. The number of nitrogens with one attached hydrogen (secondary N) is 1. The number of sulfonamides is 1. The Hall–Kier alpha value is -1.93. The van der Waals surface area contributed by atoms with Crippen molar-refractivity contribution in [2.75, 3.05) is 19.7 Å². The van der Waals surface area contributed by atoms with Gasteiger partial charge in [0.1, 0.15) is 0 Å². The van der Waals surface area contributed by atoms with Crippen LogP contribution in [0.2, 0.25) is 0 Å². The molecule has 1 amide bonds. The first-order valence-corrected chi connectivity index (χ1v) is 12.2. The monoisotopic (exact) mass is 436 g/mol. The van der Waals surface area contributed by atoms with Gasteiger partial charge in [-0.2, -0.15) is 4.31 Å². The molecule has 0 radical (unpaired) electrons. The minimum Gasteiger partial charge on any atom is -0.455 e. The molecule has 2 atom stereocenters. The van der Waals surface area contributed by atoms with E-state index < -0.39 is 16.0 Å². The first kappa shape index (κ1) is 22.7. The van der Waals surface area contributed by atoms with Crippen LogP contribution in [0.1, 0.15) is 51.0 Å². The van der Waals surface area contributed by atoms with Crippen molar-refractivity contribution in [2.45, 2.75) is 63.3 Å². The molecule has 1 aromatic carbocycles. The summed E-state index contributed by atoms with van der Waals surface area (Å²) in [6.45, 7) is 4.30. The SMILES string of the molecule is Cc1ccc(S(=O)(=O)N2CCC(C(=O)OCC(=O)NC3CCCCC3C)CC2)cc1. The van der Waals surface area contributed by atoms with Crippen LogP contribution in [0.15, 0.2) is 29.2 Å². The zero-order chi connectivity index (χ0) is 21.7. The van der Waals surface area contributed by atoms with E-state index in [4.69, 9.17) is 4.74 Å². The average Bonchev–Trinajstić information content (AvgIpc) is 2.74. The van der Waals surface area contributed by atoms with Crippen molar-refractivity contribution in [1.82, 2.24) is 9.62 Å². The van der Waals surface area contributed by atoms with Gasteiger partial charge in [0, 0.05) is 19.1 Å². The van der Waals surface area contributed by atoms with Crippen molar-refractivity contribution < 1.29 is 22.7 Å². The molecule has 7 nitrogen and oxygen atoms in total. The van der Waals surface area contributed by atoms with Gasteiger partial charge in [-0.15, -0.1) is 0 Å². The van der Waals surface area contributed by atoms with Gasteiger partial charge in [-0.05, 0) is 50.7 Å². The van der Waals surface area contributed by atoms with Crippen molar-refractivity contribution in [3.8, 4) is 0 Å². The Balaban J connectivity index is 1.44. The van der Waals surface area contributed by atoms with Crippen molar-refractivity contribution >= 4 is 21.9 Å². The lowest BCUT2D eigenvalue weighted by molar-refractivity contribution is -0.154. The van der Waals surface area contributed by atoms with Crippen LogP contribution in [-0.4, -0.2) is 50.3 Å². The first-order valence-electron chi connectivity index (χ1n) is 10.8. The van der Waals surface area contributed by atoms with E-state index in [0.29, 0.717) is 18.8 Å². The molecule has 0 bridgehead atoms. The Morgan fingerprint density at radius 3 is 2.33 bits per heavy atom. The van der Waals surface area contributed by atoms with E-state index in [-0.39, 0.29) is 42.5 Å². The third-order valence-corrected chi connectivity index (χ3v) is 8.16. The van der Waals surface area contributed by atoms with Crippen LogP contribution in [-0.2, 0) is 24.3 Å². The van der Waals surface area contributed by atoms with Crippen LogP contribution < -0.4 is 5.32 Å². The lowest BCUT2D eigenvalue weighted by Crippen LogP contribution is -2.44. The molecule has 2 fully saturated rings. The quantitative estimate of drug-likeness (QED) is 0.692. The van der Waals surface area contributed by atoms with Crippen LogP contribution in [0.3, 0.4) is 0 Å². The minimum absolute atomic E-state index is 0.153. The topological polar surface area (TPSA) is 92.8 Å². The van der Waals surface area contributed by atoms with Crippen LogP contribution >= 0.6 is 0 Å². The van der Waals surface area contributed by atoms with E-state index in [1.807, 2.05) is 6.92 Å². The van der Waals surface area contributed by atoms with Crippen LogP contribution in [0.25, 0.3) is 0 Å². The molecule has 2 unspecified atom stereocenters. The molecule has 1 saturated heterocycles. The number of piperidine rings is 1. The second-order valence-corrected chi connectivity index (χ2v) is 10.5. The molecule has 1 N–H and O–H groups in total. The predicted molar refractivity (Wildman–Crippen MR) is 113 cm³/mol. The first-order chi connectivity index (χ1) is 14.3. The molecule has 2 aliphatic rings. The second kappa shape index (κ2) is 9.92. The minimum atomic E-state index is -3.56. The van der Waals surface area contributed by atoms with Crippen LogP contribution in [0.5, 0.6) is 0 Å². The number of esters is 1. The lowest BCUT2D eigenvalue weighted by Gasteiger charge is -2.30. The maximum absolute atomic E-state index is 12.8. The highest BCUT2D eigenvalue weighted by Crippen LogP contribution is 2.25. The summed E-state index contributed by atoms with van der Waals surface area (Å²) in [5.74, 6) is -0.621. The van der Waals surface area contributed by atoms with Crippen LogP contribution in [0, 0.1) is 18.8 Å². The van der Waals surface area contributed by atoms with Gasteiger partial charge < -0.3 is 10.1 Å². The number of nitrogens with zero attached hydrogens (tertiary/aromatic N) is 1. The second-order valence-electron chi connectivity index (χ2n) is 8.53. The zero-order valence-electron chi connectivity index (χ0n) is 17.8. The van der Waals surface area contributed by atoms with Crippen molar-refractivity contribution in [3.63, 3.8) is 0 Å². The van der Waals surface area contributed by atoms with Crippen molar-refractivity contribution in [1.29, 1.82) is 0 Å². The molecule has 30 heavy (non-hydrogen) atoms. The Morgan fingerprint density at radius 1 is 1.07 bits per heavy atom. The molecule has 1 aromatic rings. The van der Waals surface area contributed by atoms with E-state index in [0.717, 1.165) is 24.8 Å². The van der Waals surface area contributed by atoms with Gasteiger partial charge in [0.2, 0.25) is 10.0 Å². The smallest absolute Gasteiger partial charge is 0.309 e. The number of aryl methyl sites for hydroxylation is 1. The fourth-order valence-corrected chi connectivity index (χ4v) is 5.69. The number of amides is 1. The molecule has 166 valence electrons. The standard InChI is InChI=1S/C22H32N2O5S/c1-16-7-9-19(10-8-16)30(27,28)24-13-11-18(12-14-24)22(26)29-15-21(25)23-20-6-4-3-5-17(20)2/h7-10,17-18,20H,3-6,11-15H2,1-2H3,(H,23,25). The van der Waals surface area contributed by atoms with Gasteiger partial charge in [0.05, 0.1) is 10.8 Å². The Labute approximate surface area is 179 Å². The van der Waals surface area contributed by atoms with E-state index in [9.17, 15) is 18.0 Å². The number of hydrogen-bond acceptors (Lipinski definition) is 5. The molecule has 1 aliphatic carbocycles. The van der Waals surface area contributed by atoms with Gasteiger partial charge >= 0.3 is 5.97 Å². The van der Waals surface area contributed by atoms with E-state index in [1.54, 1.807) is 24.3 Å². The third-order valence-electron chi connectivity index (χ3n) is 6.25. The molecular formula is C22H32N2O5S. The summed E-state index contributed by atoms with van der Waals surface area (Å²) in [6.07, 6.45) is 5.17. The van der Waals surface area contributed by atoms with Gasteiger partial charge in [-0.1, -0.05) is 37.5 Å². The van der Waals surface area contributed by atoms with Crippen molar-refractivity contribution in [3.05, 3.63) is 29.8 Å². The van der Waals surface area contributed by atoms with Gasteiger partial charge in [-0.3, -0.25) is 9.59 Å². The van der Waals surface area contributed by atoms with E-state index in [2.05, 4.69) is 12.2 Å². The summed E-state index contributed by atoms with van der Waals surface area (Å²) in [5.41, 5.74) is 0.998. The van der Waals surface area contributed by atoms with Crippen molar-refractivity contribution in [2.24, 2.45) is 11.8 Å². The number of hydrogen-bond donors (Lipinski definition) is 1. The van der Waals surface area contributed by atoms with E-state index >= 15 is 0 Å². The fraction of sp³-hybridized carbons (Fsp3) is 0.636. The predicted octanol–water partition coefficient (Wildman–Crippen LogP) is 2.63. The molecule has 3 rings (SSSR count). The van der Waals surface area contributed by atoms with Crippen LogP contribution in [0.4, 0.5) is 0 Å². The maximum atomic E-state index is 12.8. The Bertz CT molecular complexity index is 845. The molecule has 0 aromatic heterocycles. The summed E-state index contributed by atoms with van der Waals surface area (Å²) in [4.78, 5) is 24.8. The molecule has 0 spiro atoms. The highest BCUT2D eigenvalue weighted by atomic mass is 32.2. The molecule has 1 aliphatic heterocycles. The number of rotatable bonds is 6. The number of ether oxygens (including phenoxy) is 1. The normalized spacial score (nSPS) is 23.7. The number of carbonyl (C=O) groups is 2.